The highest BCUT2D eigenvalue weighted by Gasteiger charge is 2.09. The fraction of sp³-hybridized carbons (Fsp3) is 0.667. The van der Waals surface area contributed by atoms with E-state index >= 15 is 0 Å². The molecule has 2 nitrogen and oxygen atoms in total. The maximum atomic E-state index is 4.40. The third-order valence-electron chi connectivity index (χ3n) is 3.01. The number of aromatic nitrogens is 1. The van der Waals surface area contributed by atoms with Gasteiger partial charge in [0.15, 0.2) is 0 Å². The Balaban J connectivity index is 2.37. The van der Waals surface area contributed by atoms with Crippen molar-refractivity contribution in [1.82, 2.24) is 10.3 Å². The molecule has 0 radical (unpaired) electrons. The lowest BCUT2D eigenvalue weighted by Gasteiger charge is -2.18. The molecule has 1 aromatic heterocycles. The van der Waals surface area contributed by atoms with Crippen LogP contribution in [0.15, 0.2) is 24.4 Å². The highest BCUT2D eigenvalue weighted by molar-refractivity contribution is 5.05. The van der Waals surface area contributed by atoms with Gasteiger partial charge < -0.3 is 5.32 Å². The molecule has 96 valence electrons. The van der Waals surface area contributed by atoms with Gasteiger partial charge in [-0.1, -0.05) is 39.7 Å². The van der Waals surface area contributed by atoms with Gasteiger partial charge in [0.25, 0.3) is 0 Å². The van der Waals surface area contributed by atoms with Crippen LogP contribution >= 0.6 is 0 Å². The van der Waals surface area contributed by atoms with Gasteiger partial charge in [0.1, 0.15) is 0 Å². The Hall–Kier alpha value is -0.890. The molecule has 2 heteroatoms. The highest BCUT2D eigenvalue weighted by atomic mass is 14.9. The first-order chi connectivity index (χ1) is 8.22. The zero-order chi connectivity index (χ0) is 12.5. The van der Waals surface area contributed by atoms with E-state index in [-0.39, 0.29) is 0 Å². The standard InChI is InChI=1S/C15H26N2/c1-4-16-14(10-7-8-13(2)3)12-15-9-5-6-11-17-15/h5-6,9,11,13-14,16H,4,7-8,10,12H2,1-3H3. The van der Waals surface area contributed by atoms with Crippen molar-refractivity contribution in [3.8, 4) is 0 Å². The maximum Gasteiger partial charge on any atom is 0.0419 e. The van der Waals surface area contributed by atoms with E-state index in [0.717, 1.165) is 18.9 Å². The van der Waals surface area contributed by atoms with Gasteiger partial charge in [-0.25, -0.2) is 0 Å². The van der Waals surface area contributed by atoms with Crippen LogP contribution < -0.4 is 5.32 Å². The van der Waals surface area contributed by atoms with Gasteiger partial charge in [0, 0.05) is 24.4 Å². The molecule has 0 spiro atoms. The highest BCUT2D eigenvalue weighted by Crippen LogP contribution is 2.11. The topological polar surface area (TPSA) is 24.9 Å². The summed E-state index contributed by atoms with van der Waals surface area (Å²) in [6, 6.07) is 6.74. The van der Waals surface area contributed by atoms with Crippen LogP contribution in [0.2, 0.25) is 0 Å². The Kier molecular flexibility index (Phi) is 6.87. The number of hydrogen-bond donors (Lipinski definition) is 1. The Morgan fingerprint density at radius 1 is 1.24 bits per heavy atom. The van der Waals surface area contributed by atoms with Crippen molar-refractivity contribution in [3.63, 3.8) is 0 Å². The van der Waals surface area contributed by atoms with Gasteiger partial charge in [-0.3, -0.25) is 4.98 Å². The van der Waals surface area contributed by atoms with Gasteiger partial charge in [0.2, 0.25) is 0 Å². The molecule has 0 aromatic carbocycles. The van der Waals surface area contributed by atoms with E-state index < -0.39 is 0 Å². The van der Waals surface area contributed by atoms with Crippen molar-refractivity contribution in [2.45, 2.75) is 52.5 Å². The molecule has 0 saturated carbocycles. The number of nitrogens with zero attached hydrogens (tertiary/aromatic N) is 1. The van der Waals surface area contributed by atoms with Crippen LogP contribution in [0.3, 0.4) is 0 Å². The van der Waals surface area contributed by atoms with Crippen LogP contribution in [0.25, 0.3) is 0 Å². The van der Waals surface area contributed by atoms with Gasteiger partial charge in [-0.2, -0.15) is 0 Å². The SMILES string of the molecule is CCNC(CCCC(C)C)Cc1ccccn1. The predicted molar refractivity (Wildman–Crippen MR) is 74.1 cm³/mol. The van der Waals surface area contributed by atoms with Crippen molar-refractivity contribution in [3.05, 3.63) is 30.1 Å². The molecule has 1 rings (SSSR count). The van der Waals surface area contributed by atoms with Crippen molar-refractivity contribution < 1.29 is 0 Å². The van der Waals surface area contributed by atoms with Crippen molar-refractivity contribution >= 4 is 0 Å². The number of pyridine rings is 1. The molecule has 0 aliphatic carbocycles. The Labute approximate surface area is 106 Å². The number of likely N-dealkylation sites (N-methyl/N-ethyl adjacent to an activating group) is 1. The first-order valence-corrected chi connectivity index (χ1v) is 6.85. The van der Waals surface area contributed by atoms with Crippen LogP contribution in [0.5, 0.6) is 0 Å². The summed E-state index contributed by atoms with van der Waals surface area (Å²) >= 11 is 0. The molecule has 0 bridgehead atoms. The molecule has 1 atom stereocenters. The average molecular weight is 234 g/mol. The minimum Gasteiger partial charge on any atom is -0.314 e. The summed E-state index contributed by atoms with van der Waals surface area (Å²) in [5.74, 6) is 0.812. The summed E-state index contributed by atoms with van der Waals surface area (Å²) < 4.78 is 0. The minimum atomic E-state index is 0.577. The van der Waals surface area contributed by atoms with Gasteiger partial charge >= 0.3 is 0 Å². The smallest absolute Gasteiger partial charge is 0.0419 e. The number of nitrogens with one attached hydrogen (secondary N) is 1. The molecule has 1 heterocycles. The van der Waals surface area contributed by atoms with Crippen LogP contribution in [0, 0.1) is 5.92 Å². The van der Waals surface area contributed by atoms with E-state index in [9.17, 15) is 0 Å². The first kappa shape index (κ1) is 14.2. The molecule has 0 fully saturated rings. The molecule has 1 N–H and O–H groups in total. The monoisotopic (exact) mass is 234 g/mol. The average Bonchev–Trinajstić information content (AvgIpc) is 2.30. The lowest BCUT2D eigenvalue weighted by molar-refractivity contribution is 0.439. The lowest BCUT2D eigenvalue weighted by atomic mass is 10.00. The fourth-order valence-electron chi connectivity index (χ4n) is 2.11. The van der Waals surface area contributed by atoms with Crippen molar-refractivity contribution in [2.75, 3.05) is 6.54 Å². The third kappa shape index (κ3) is 6.42. The van der Waals surface area contributed by atoms with E-state index in [4.69, 9.17) is 0 Å². The Morgan fingerprint density at radius 2 is 2.06 bits per heavy atom. The maximum absolute atomic E-state index is 4.40. The number of hydrogen-bond acceptors (Lipinski definition) is 2. The normalized spacial score (nSPS) is 12.9. The molecule has 17 heavy (non-hydrogen) atoms. The van der Waals surface area contributed by atoms with Gasteiger partial charge in [-0.15, -0.1) is 0 Å². The zero-order valence-corrected chi connectivity index (χ0v) is 11.4. The summed E-state index contributed by atoms with van der Waals surface area (Å²) in [7, 11) is 0. The van der Waals surface area contributed by atoms with Crippen molar-refractivity contribution in [1.29, 1.82) is 0 Å². The second-order valence-electron chi connectivity index (χ2n) is 5.10. The van der Waals surface area contributed by atoms with Crippen LogP contribution in [0.1, 0.15) is 45.7 Å². The molecule has 0 aliphatic rings. The lowest BCUT2D eigenvalue weighted by Crippen LogP contribution is -2.31. The molecule has 0 amide bonds. The van der Waals surface area contributed by atoms with Crippen molar-refractivity contribution in [2.24, 2.45) is 5.92 Å². The molecule has 0 saturated heterocycles. The van der Waals surface area contributed by atoms with Gasteiger partial charge in [-0.05, 0) is 31.0 Å². The summed E-state index contributed by atoms with van der Waals surface area (Å²) in [6.45, 7) is 7.80. The van der Waals surface area contributed by atoms with E-state index in [0.29, 0.717) is 6.04 Å². The summed E-state index contributed by atoms with van der Waals surface area (Å²) in [4.78, 5) is 4.40. The summed E-state index contributed by atoms with van der Waals surface area (Å²) in [5, 5.41) is 3.56. The quantitative estimate of drug-likeness (QED) is 0.745. The Morgan fingerprint density at radius 3 is 2.65 bits per heavy atom. The first-order valence-electron chi connectivity index (χ1n) is 6.85. The van der Waals surface area contributed by atoms with E-state index in [1.165, 1.54) is 25.0 Å². The van der Waals surface area contributed by atoms with E-state index in [2.05, 4.69) is 43.2 Å². The molecular formula is C15H26N2. The van der Waals surface area contributed by atoms with E-state index in [1.54, 1.807) is 0 Å². The van der Waals surface area contributed by atoms with Gasteiger partial charge in [0.05, 0.1) is 0 Å². The van der Waals surface area contributed by atoms with Crippen LogP contribution in [-0.4, -0.2) is 17.6 Å². The summed E-state index contributed by atoms with van der Waals surface area (Å²) in [5.41, 5.74) is 1.20. The molecule has 1 unspecified atom stereocenters. The minimum absolute atomic E-state index is 0.577. The Bertz CT molecular complexity index is 282. The second-order valence-corrected chi connectivity index (χ2v) is 5.10. The largest absolute Gasteiger partial charge is 0.314 e. The second kappa shape index (κ2) is 8.24. The van der Waals surface area contributed by atoms with Crippen LogP contribution in [0.4, 0.5) is 0 Å². The van der Waals surface area contributed by atoms with E-state index in [1.807, 2.05) is 12.3 Å². The fourth-order valence-corrected chi connectivity index (χ4v) is 2.11. The third-order valence-corrected chi connectivity index (χ3v) is 3.01. The molecule has 0 aliphatic heterocycles. The zero-order valence-electron chi connectivity index (χ0n) is 11.4. The number of rotatable bonds is 8. The molecule has 1 aromatic rings. The predicted octanol–water partition coefficient (Wildman–Crippen LogP) is 3.43. The summed E-state index contributed by atoms with van der Waals surface area (Å²) in [6.07, 6.45) is 6.81. The van der Waals surface area contributed by atoms with Crippen LogP contribution in [-0.2, 0) is 6.42 Å². The molecular weight excluding hydrogens is 208 g/mol.